The van der Waals surface area contributed by atoms with Gasteiger partial charge in [0.05, 0.1) is 18.8 Å². The highest BCUT2D eigenvalue weighted by Crippen LogP contribution is 2.33. The number of benzene rings is 1. The van der Waals surface area contributed by atoms with Crippen molar-refractivity contribution < 1.29 is 14.3 Å². The molecule has 6 heteroatoms. The van der Waals surface area contributed by atoms with Crippen molar-refractivity contribution >= 4 is 11.7 Å². The van der Waals surface area contributed by atoms with E-state index in [2.05, 4.69) is 22.2 Å². The molecule has 0 saturated carbocycles. The van der Waals surface area contributed by atoms with Crippen LogP contribution in [-0.2, 0) is 6.54 Å². The lowest BCUT2D eigenvalue weighted by molar-refractivity contribution is 0.0957. The highest BCUT2D eigenvalue weighted by molar-refractivity contribution is 5.94. The molecule has 0 aliphatic carbocycles. The van der Waals surface area contributed by atoms with Crippen molar-refractivity contribution in [3.05, 3.63) is 60.3 Å². The first-order valence-electron chi connectivity index (χ1n) is 8.24. The SMILES string of the molecule is C=CCNC(=O)c1ccc(NCc2cccc3c2OCCCO3)nc1. The number of hydrogen-bond donors (Lipinski definition) is 2. The number of para-hydroxylation sites is 1. The maximum Gasteiger partial charge on any atom is 0.253 e. The Balaban J connectivity index is 1.64. The van der Waals surface area contributed by atoms with E-state index in [0.717, 1.165) is 23.5 Å². The molecule has 1 aliphatic rings. The Hall–Kier alpha value is -3.02. The molecule has 2 N–H and O–H groups in total. The van der Waals surface area contributed by atoms with Gasteiger partial charge in [-0.15, -0.1) is 6.58 Å². The lowest BCUT2D eigenvalue weighted by Gasteiger charge is -2.13. The van der Waals surface area contributed by atoms with Gasteiger partial charge >= 0.3 is 0 Å². The Bertz CT molecular complexity index is 744. The van der Waals surface area contributed by atoms with Gasteiger partial charge in [0.25, 0.3) is 5.91 Å². The minimum Gasteiger partial charge on any atom is -0.490 e. The Labute approximate surface area is 146 Å². The first-order valence-corrected chi connectivity index (χ1v) is 8.24. The second kappa shape index (κ2) is 8.19. The molecule has 0 spiro atoms. The Morgan fingerprint density at radius 3 is 2.92 bits per heavy atom. The molecule has 0 saturated heterocycles. The Morgan fingerprint density at radius 1 is 1.24 bits per heavy atom. The molecule has 1 amide bonds. The van der Waals surface area contributed by atoms with E-state index in [1.165, 1.54) is 0 Å². The van der Waals surface area contributed by atoms with E-state index in [1.54, 1.807) is 24.4 Å². The van der Waals surface area contributed by atoms with Crippen LogP contribution in [0.3, 0.4) is 0 Å². The highest BCUT2D eigenvalue weighted by Gasteiger charge is 2.14. The van der Waals surface area contributed by atoms with E-state index in [9.17, 15) is 4.79 Å². The van der Waals surface area contributed by atoms with Crippen LogP contribution in [0.1, 0.15) is 22.3 Å². The second-order valence-corrected chi connectivity index (χ2v) is 5.58. The zero-order valence-corrected chi connectivity index (χ0v) is 14.0. The molecule has 2 aromatic rings. The van der Waals surface area contributed by atoms with Crippen molar-refractivity contribution in [2.45, 2.75) is 13.0 Å². The fourth-order valence-corrected chi connectivity index (χ4v) is 2.48. The fourth-order valence-electron chi connectivity index (χ4n) is 2.48. The summed E-state index contributed by atoms with van der Waals surface area (Å²) in [6.45, 7) is 5.88. The fraction of sp³-hybridized carbons (Fsp3) is 0.263. The van der Waals surface area contributed by atoms with Crippen LogP contribution in [0, 0.1) is 0 Å². The van der Waals surface area contributed by atoms with Crippen molar-refractivity contribution in [1.29, 1.82) is 0 Å². The molecule has 0 unspecified atom stereocenters. The molecule has 3 rings (SSSR count). The standard InChI is InChI=1S/C19H21N3O3/c1-2-9-20-19(23)15-7-8-17(22-13-15)21-12-14-5-3-6-16-18(14)25-11-4-10-24-16/h2-3,5-8,13H,1,4,9-12H2,(H,20,23)(H,21,22). The van der Waals surface area contributed by atoms with Crippen molar-refractivity contribution in [2.24, 2.45) is 0 Å². The first-order chi connectivity index (χ1) is 12.3. The molecule has 0 fully saturated rings. The molecule has 0 bridgehead atoms. The number of nitrogens with one attached hydrogen (secondary N) is 2. The summed E-state index contributed by atoms with van der Waals surface area (Å²) in [5.74, 6) is 2.08. The van der Waals surface area contributed by atoms with Gasteiger partial charge in [-0.3, -0.25) is 4.79 Å². The number of nitrogens with zero attached hydrogens (tertiary/aromatic N) is 1. The highest BCUT2D eigenvalue weighted by atomic mass is 16.5. The molecule has 1 aromatic heterocycles. The summed E-state index contributed by atoms with van der Waals surface area (Å²) in [4.78, 5) is 16.1. The van der Waals surface area contributed by atoms with Gasteiger partial charge in [0.1, 0.15) is 5.82 Å². The predicted octanol–water partition coefficient (Wildman–Crippen LogP) is 2.77. The maximum absolute atomic E-state index is 11.8. The summed E-state index contributed by atoms with van der Waals surface area (Å²) in [5, 5.41) is 5.96. The second-order valence-electron chi connectivity index (χ2n) is 5.58. The van der Waals surface area contributed by atoms with Gasteiger partial charge in [-0.25, -0.2) is 4.98 Å². The maximum atomic E-state index is 11.8. The molecule has 1 aliphatic heterocycles. The summed E-state index contributed by atoms with van der Waals surface area (Å²) in [6, 6.07) is 9.38. The quantitative estimate of drug-likeness (QED) is 0.792. The lowest BCUT2D eigenvalue weighted by atomic mass is 10.2. The van der Waals surface area contributed by atoms with Crippen LogP contribution in [0.15, 0.2) is 49.2 Å². The van der Waals surface area contributed by atoms with Gasteiger partial charge in [0, 0.05) is 31.3 Å². The molecule has 2 heterocycles. The lowest BCUT2D eigenvalue weighted by Crippen LogP contribution is -2.23. The van der Waals surface area contributed by atoms with Crippen molar-refractivity contribution in [1.82, 2.24) is 10.3 Å². The number of carbonyl (C=O) groups is 1. The molecule has 0 atom stereocenters. The van der Waals surface area contributed by atoms with Crippen LogP contribution < -0.4 is 20.1 Å². The number of anilines is 1. The van der Waals surface area contributed by atoms with E-state index in [4.69, 9.17) is 9.47 Å². The number of aromatic nitrogens is 1. The predicted molar refractivity (Wildman–Crippen MR) is 96.1 cm³/mol. The number of ether oxygens (including phenoxy) is 2. The molecule has 130 valence electrons. The molecule has 1 aromatic carbocycles. The van der Waals surface area contributed by atoms with E-state index < -0.39 is 0 Å². The van der Waals surface area contributed by atoms with Gasteiger partial charge in [-0.1, -0.05) is 18.2 Å². The van der Waals surface area contributed by atoms with Crippen LogP contribution in [0.2, 0.25) is 0 Å². The van der Waals surface area contributed by atoms with Gasteiger partial charge in [-0.2, -0.15) is 0 Å². The molecule has 0 radical (unpaired) electrons. The van der Waals surface area contributed by atoms with E-state index in [1.807, 2.05) is 18.2 Å². The largest absolute Gasteiger partial charge is 0.490 e. The van der Waals surface area contributed by atoms with E-state index in [-0.39, 0.29) is 5.91 Å². The summed E-state index contributed by atoms with van der Waals surface area (Å²) >= 11 is 0. The third kappa shape index (κ3) is 4.29. The molecule has 25 heavy (non-hydrogen) atoms. The minimum atomic E-state index is -0.169. The summed E-state index contributed by atoms with van der Waals surface area (Å²) in [6.07, 6.45) is 4.06. The van der Waals surface area contributed by atoms with Gasteiger partial charge in [-0.05, 0) is 18.2 Å². The van der Waals surface area contributed by atoms with E-state index in [0.29, 0.717) is 37.7 Å². The molecular weight excluding hydrogens is 318 g/mol. The zero-order valence-electron chi connectivity index (χ0n) is 14.0. The zero-order chi connectivity index (χ0) is 17.5. The third-order valence-corrected chi connectivity index (χ3v) is 3.75. The third-order valence-electron chi connectivity index (χ3n) is 3.75. The first kappa shape index (κ1) is 16.8. The normalized spacial score (nSPS) is 12.8. The number of hydrogen-bond acceptors (Lipinski definition) is 5. The van der Waals surface area contributed by atoms with Crippen molar-refractivity contribution in [2.75, 3.05) is 25.1 Å². The molecular formula is C19H21N3O3. The van der Waals surface area contributed by atoms with Crippen molar-refractivity contribution in [3.63, 3.8) is 0 Å². The van der Waals surface area contributed by atoms with Crippen LogP contribution in [0.4, 0.5) is 5.82 Å². The van der Waals surface area contributed by atoms with Crippen molar-refractivity contribution in [3.8, 4) is 11.5 Å². The van der Waals surface area contributed by atoms with Crippen LogP contribution in [0.5, 0.6) is 11.5 Å². The summed E-state index contributed by atoms with van der Waals surface area (Å²) in [5.41, 5.74) is 1.52. The summed E-state index contributed by atoms with van der Waals surface area (Å²) < 4.78 is 11.5. The number of carbonyl (C=O) groups excluding carboxylic acids is 1. The monoisotopic (exact) mass is 339 g/mol. The minimum absolute atomic E-state index is 0.169. The number of fused-ring (bicyclic) bond motifs is 1. The summed E-state index contributed by atoms with van der Waals surface area (Å²) in [7, 11) is 0. The smallest absolute Gasteiger partial charge is 0.253 e. The van der Waals surface area contributed by atoms with Gasteiger partial charge < -0.3 is 20.1 Å². The molecule has 6 nitrogen and oxygen atoms in total. The Morgan fingerprint density at radius 2 is 2.12 bits per heavy atom. The van der Waals surface area contributed by atoms with E-state index >= 15 is 0 Å². The number of pyridine rings is 1. The average Bonchev–Trinajstić information content (AvgIpc) is 2.90. The number of rotatable bonds is 6. The topological polar surface area (TPSA) is 72.5 Å². The van der Waals surface area contributed by atoms with Crippen LogP contribution in [0.25, 0.3) is 0 Å². The van der Waals surface area contributed by atoms with Crippen LogP contribution in [-0.4, -0.2) is 30.6 Å². The Kier molecular flexibility index (Phi) is 5.51. The van der Waals surface area contributed by atoms with Gasteiger partial charge in [0.15, 0.2) is 11.5 Å². The number of amides is 1. The average molecular weight is 339 g/mol. The van der Waals surface area contributed by atoms with Gasteiger partial charge in [0.2, 0.25) is 0 Å². The van der Waals surface area contributed by atoms with Crippen LogP contribution >= 0.6 is 0 Å².